The molecular formula is C12H17NO4S. The van der Waals surface area contributed by atoms with Gasteiger partial charge in [-0.2, -0.15) is 0 Å². The van der Waals surface area contributed by atoms with E-state index in [-0.39, 0.29) is 0 Å². The van der Waals surface area contributed by atoms with Gasteiger partial charge in [0.1, 0.15) is 23.7 Å². The SMILES string of the molecule is C[C@H]1O[C@@H](Sc2ccccc2N)[C@H](O)[C@@H](O)[C@H]1O. The lowest BCUT2D eigenvalue weighted by Crippen LogP contribution is -2.55. The predicted molar refractivity (Wildman–Crippen MR) is 69.1 cm³/mol. The van der Waals surface area contributed by atoms with Crippen molar-refractivity contribution in [1.29, 1.82) is 0 Å². The summed E-state index contributed by atoms with van der Waals surface area (Å²) in [5.74, 6) is 0. The topological polar surface area (TPSA) is 95.9 Å². The third kappa shape index (κ3) is 2.62. The fraction of sp³-hybridized carbons (Fsp3) is 0.500. The summed E-state index contributed by atoms with van der Waals surface area (Å²) < 4.78 is 5.49. The molecule has 2 rings (SSSR count). The van der Waals surface area contributed by atoms with Crippen LogP contribution in [0.1, 0.15) is 6.92 Å². The van der Waals surface area contributed by atoms with E-state index in [1.807, 2.05) is 18.2 Å². The Morgan fingerprint density at radius 3 is 2.44 bits per heavy atom. The van der Waals surface area contributed by atoms with E-state index in [0.717, 1.165) is 4.90 Å². The largest absolute Gasteiger partial charge is 0.398 e. The first-order chi connectivity index (χ1) is 8.50. The van der Waals surface area contributed by atoms with Crippen LogP contribution in [0.3, 0.4) is 0 Å². The van der Waals surface area contributed by atoms with E-state index in [1.165, 1.54) is 11.8 Å². The first-order valence-electron chi connectivity index (χ1n) is 5.71. The fourth-order valence-electron chi connectivity index (χ4n) is 1.82. The van der Waals surface area contributed by atoms with Crippen LogP contribution in [0.5, 0.6) is 0 Å². The third-order valence-corrected chi connectivity index (χ3v) is 4.22. The maximum atomic E-state index is 9.88. The molecule has 0 saturated carbocycles. The van der Waals surface area contributed by atoms with Crippen molar-refractivity contribution in [2.45, 2.75) is 41.7 Å². The van der Waals surface area contributed by atoms with Crippen LogP contribution in [0.15, 0.2) is 29.2 Å². The summed E-state index contributed by atoms with van der Waals surface area (Å²) in [7, 11) is 0. The van der Waals surface area contributed by atoms with Crippen LogP contribution in [0.4, 0.5) is 5.69 Å². The molecule has 5 atom stereocenters. The minimum atomic E-state index is -1.21. The molecule has 0 aromatic heterocycles. The van der Waals surface area contributed by atoms with Gasteiger partial charge in [-0.25, -0.2) is 0 Å². The summed E-state index contributed by atoms with van der Waals surface area (Å²) in [6.07, 6.45) is -3.98. The van der Waals surface area contributed by atoms with Gasteiger partial charge in [-0.15, -0.1) is 0 Å². The molecule has 1 saturated heterocycles. The smallest absolute Gasteiger partial charge is 0.136 e. The molecule has 0 aliphatic carbocycles. The van der Waals surface area contributed by atoms with Crippen molar-refractivity contribution < 1.29 is 20.1 Å². The van der Waals surface area contributed by atoms with E-state index in [4.69, 9.17) is 10.5 Å². The number of hydrogen-bond donors (Lipinski definition) is 4. The lowest BCUT2D eigenvalue weighted by Gasteiger charge is -2.39. The molecule has 1 heterocycles. The molecule has 1 aliphatic heterocycles. The van der Waals surface area contributed by atoms with E-state index in [0.29, 0.717) is 5.69 Å². The van der Waals surface area contributed by atoms with Gasteiger partial charge in [0.15, 0.2) is 0 Å². The number of aliphatic hydroxyl groups is 3. The van der Waals surface area contributed by atoms with Crippen LogP contribution in [0.2, 0.25) is 0 Å². The summed E-state index contributed by atoms with van der Waals surface area (Å²) in [5, 5.41) is 29.2. The van der Waals surface area contributed by atoms with E-state index >= 15 is 0 Å². The summed E-state index contributed by atoms with van der Waals surface area (Å²) in [5.41, 5.74) is 5.75. The molecule has 6 heteroatoms. The highest BCUT2D eigenvalue weighted by Crippen LogP contribution is 2.35. The monoisotopic (exact) mass is 271 g/mol. The standard InChI is InChI=1S/C12H17NO4S/c1-6-9(14)10(15)11(16)12(17-6)18-8-5-3-2-4-7(8)13/h2-6,9-12,14-16H,13H2,1H3/t6-,9+,10+,11-,12+/m1/s1. The van der Waals surface area contributed by atoms with Gasteiger partial charge in [0.2, 0.25) is 0 Å². The average Bonchev–Trinajstić information content (AvgIpc) is 2.36. The van der Waals surface area contributed by atoms with Crippen molar-refractivity contribution in [3.63, 3.8) is 0 Å². The van der Waals surface area contributed by atoms with E-state index in [1.54, 1.807) is 13.0 Å². The number of benzene rings is 1. The Morgan fingerprint density at radius 2 is 1.78 bits per heavy atom. The average molecular weight is 271 g/mol. The molecule has 1 aromatic carbocycles. The lowest BCUT2D eigenvalue weighted by atomic mass is 10.0. The van der Waals surface area contributed by atoms with Gasteiger partial charge in [-0.05, 0) is 19.1 Å². The van der Waals surface area contributed by atoms with Crippen molar-refractivity contribution >= 4 is 17.4 Å². The quantitative estimate of drug-likeness (QED) is 0.573. The normalized spacial score (nSPS) is 36.6. The van der Waals surface area contributed by atoms with Gasteiger partial charge >= 0.3 is 0 Å². The molecule has 1 aliphatic rings. The molecule has 5 nitrogen and oxygen atoms in total. The molecule has 0 spiro atoms. The number of nitrogens with two attached hydrogens (primary N) is 1. The highest BCUT2D eigenvalue weighted by molar-refractivity contribution is 8.00. The first kappa shape index (κ1) is 13.6. The summed E-state index contributed by atoms with van der Waals surface area (Å²) in [6, 6.07) is 7.23. The van der Waals surface area contributed by atoms with Crippen LogP contribution >= 0.6 is 11.8 Å². The lowest BCUT2D eigenvalue weighted by molar-refractivity contribution is -0.192. The number of hydrogen-bond acceptors (Lipinski definition) is 6. The zero-order valence-electron chi connectivity index (χ0n) is 9.93. The zero-order valence-corrected chi connectivity index (χ0v) is 10.7. The van der Waals surface area contributed by atoms with Crippen LogP contribution in [0, 0.1) is 0 Å². The molecule has 1 fully saturated rings. The minimum Gasteiger partial charge on any atom is -0.398 e. The predicted octanol–water partition coefficient (Wildman–Crippen LogP) is 0.188. The van der Waals surface area contributed by atoms with E-state index in [2.05, 4.69) is 0 Å². The highest BCUT2D eigenvalue weighted by atomic mass is 32.2. The number of anilines is 1. The maximum Gasteiger partial charge on any atom is 0.136 e. The Morgan fingerprint density at radius 1 is 1.11 bits per heavy atom. The second-order valence-electron chi connectivity index (χ2n) is 4.34. The van der Waals surface area contributed by atoms with Crippen molar-refractivity contribution in [2.75, 3.05) is 5.73 Å². The summed E-state index contributed by atoms with van der Waals surface area (Å²) in [6.45, 7) is 1.65. The molecule has 0 amide bonds. The van der Waals surface area contributed by atoms with Gasteiger partial charge in [-0.1, -0.05) is 23.9 Å². The van der Waals surface area contributed by atoms with Crippen LogP contribution in [-0.4, -0.2) is 45.2 Å². The number of rotatable bonds is 2. The van der Waals surface area contributed by atoms with Crippen molar-refractivity contribution in [2.24, 2.45) is 0 Å². The fourth-order valence-corrected chi connectivity index (χ4v) is 2.97. The Hall–Kier alpha value is -0.790. The Bertz CT molecular complexity index is 417. The molecule has 5 N–H and O–H groups in total. The van der Waals surface area contributed by atoms with Crippen LogP contribution < -0.4 is 5.73 Å². The highest BCUT2D eigenvalue weighted by Gasteiger charge is 2.42. The molecule has 18 heavy (non-hydrogen) atoms. The van der Waals surface area contributed by atoms with Crippen LogP contribution in [0.25, 0.3) is 0 Å². The van der Waals surface area contributed by atoms with Crippen molar-refractivity contribution in [1.82, 2.24) is 0 Å². The molecule has 100 valence electrons. The van der Waals surface area contributed by atoms with Gasteiger partial charge in [0, 0.05) is 10.6 Å². The molecule has 0 bridgehead atoms. The van der Waals surface area contributed by atoms with Gasteiger partial charge in [0.05, 0.1) is 6.10 Å². The number of ether oxygens (including phenoxy) is 1. The molecule has 0 radical (unpaired) electrons. The molecule has 0 unspecified atom stereocenters. The van der Waals surface area contributed by atoms with Crippen molar-refractivity contribution in [3.05, 3.63) is 24.3 Å². The van der Waals surface area contributed by atoms with E-state index in [9.17, 15) is 15.3 Å². The number of aliphatic hydroxyl groups excluding tert-OH is 3. The second-order valence-corrected chi connectivity index (χ2v) is 5.48. The summed E-state index contributed by atoms with van der Waals surface area (Å²) >= 11 is 1.24. The zero-order chi connectivity index (χ0) is 13.3. The second kappa shape index (κ2) is 5.46. The van der Waals surface area contributed by atoms with E-state index < -0.39 is 29.9 Å². The molecule has 1 aromatic rings. The van der Waals surface area contributed by atoms with Gasteiger partial charge in [-0.3, -0.25) is 0 Å². The Kier molecular flexibility index (Phi) is 4.14. The summed E-state index contributed by atoms with van der Waals surface area (Å²) in [4.78, 5) is 0.775. The minimum absolute atomic E-state index is 0.536. The van der Waals surface area contributed by atoms with Gasteiger partial charge in [0.25, 0.3) is 0 Å². The molecular weight excluding hydrogens is 254 g/mol. The first-order valence-corrected chi connectivity index (χ1v) is 6.59. The van der Waals surface area contributed by atoms with Gasteiger partial charge < -0.3 is 25.8 Å². The Balaban J connectivity index is 2.12. The number of thioether (sulfide) groups is 1. The maximum absolute atomic E-state index is 9.88. The number of nitrogen functional groups attached to an aromatic ring is 1. The van der Waals surface area contributed by atoms with Crippen molar-refractivity contribution in [3.8, 4) is 0 Å². The number of para-hydroxylation sites is 1. The Labute approximate surface area is 110 Å². The van der Waals surface area contributed by atoms with Crippen LogP contribution in [-0.2, 0) is 4.74 Å². The third-order valence-electron chi connectivity index (χ3n) is 2.97.